The van der Waals surface area contributed by atoms with Crippen LogP contribution in [0, 0.1) is 0 Å². The molecule has 0 amide bonds. The summed E-state index contributed by atoms with van der Waals surface area (Å²) in [6.45, 7) is 9.18. The molecule has 0 heterocycles. The second-order valence-corrected chi connectivity index (χ2v) is 7.16. The third-order valence-electron chi connectivity index (χ3n) is 4.33. The lowest BCUT2D eigenvalue weighted by molar-refractivity contribution is -0.155. The average Bonchev–Trinajstić information content (AvgIpc) is 2.84. The van der Waals surface area contributed by atoms with Gasteiger partial charge in [-0.2, -0.15) is 0 Å². The van der Waals surface area contributed by atoms with Gasteiger partial charge < -0.3 is 34.3 Å². The van der Waals surface area contributed by atoms with Gasteiger partial charge in [0.2, 0.25) is 0 Å². The Kier molecular flexibility index (Phi) is 23.9. The number of aldehydes is 1. The van der Waals surface area contributed by atoms with Crippen molar-refractivity contribution >= 4 is 12.3 Å². The molecule has 1 atom stereocenters. The van der Waals surface area contributed by atoms with Gasteiger partial charge in [0.25, 0.3) is 0 Å². The summed E-state index contributed by atoms with van der Waals surface area (Å²) in [4.78, 5) is 21.1. The largest absolute Gasteiger partial charge is 0.504 e. The molecule has 9 heteroatoms. The Balaban J connectivity index is 0. The van der Waals surface area contributed by atoms with Gasteiger partial charge in [0, 0.05) is 18.8 Å². The summed E-state index contributed by atoms with van der Waals surface area (Å²) in [5.74, 6) is -0.376. The van der Waals surface area contributed by atoms with E-state index in [1.165, 1.54) is 44.6 Å². The predicted molar refractivity (Wildman–Crippen MR) is 130 cm³/mol. The first-order chi connectivity index (χ1) is 16.3. The smallest absolute Gasteiger partial charge is 0.337 e. The number of unbranched alkanes of at least 4 members (excludes halogenated alkanes) is 5. The minimum atomic E-state index is -1.38. The summed E-state index contributed by atoms with van der Waals surface area (Å²) in [7, 11) is 1.43. The van der Waals surface area contributed by atoms with Crippen LogP contribution in [0.25, 0.3) is 0 Å². The topological polar surface area (TPSA) is 132 Å². The maximum absolute atomic E-state index is 10.9. The third-order valence-corrected chi connectivity index (χ3v) is 4.33. The Morgan fingerprint density at radius 3 is 2.12 bits per heavy atom. The van der Waals surface area contributed by atoms with Crippen molar-refractivity contribution < 1.29 is 43.9 Å². The van der Waals surface area contributed by atoms with Crippen LogP contribution < -0.4 is 4.74 Å². The Bertz CT molecular complexity index is 616. The van der Waals surface area contributed by atoms with Gasteiger partial charge in [-0.25, -0.2) is 4.79 Å². The number of hydrogen-bond donors (Lipinski definition) is 3. The molecule has 0 saturated heterocycles. The summed E-state index contributed by atoms with van der Waals surface area (Å²) in [6.07, 6.45) is 6.01. The van der Waals surface area contributed by atoms with Gasteiger partial charge in [-0.05, 0) is 45.4 Å². The second-order valence-electron chi connectivity index (χ2n) is 7.16. The highest BCUT2D eigenvalue weighted by Gasteiger charge is 2.14. The molecule has 34 heavy (non-hydrogen) atoms. The summed E-state index contributed by atoms with van der Waals surface area (Å²) < 4.78 is 19.7. The van der Waals surface area contributed by atoms with E-state index in [2.05, 4.69) is 6.92 Å². The number of hydrogen-bond acceptors (Lipinski definition) is 9. The van der Waals surface area contributed by atoms with Crippen molar-refractivity contribution in [3.8, 4) is 11.5 Å². The molecule has 0 aliphatic rings. The molecule has 0 radical (unpaired) electrons. The van der Waals surface area contributed by atoms with Gasteiger partial charge in [-0.3, -0.25) is 4.79 Å². The van der Waals surface area contributed by atoms with Gasteiger partial charge >= 0.3 is 5.97 Å². The van der Waals surface area contributed by atoms with E-state index < -0.39 is 18.7 Å². The molecule has 1 rings (SSSR count). The number of aromatic hydroxyl groups is 1. The molecule has 198 valence electrons. The Hall–Kier alpha value is -2.20. The average molecular weight is 489 g/mol. The Morgan fingerprint density at radius 2 is 1.62 bits per heavy atom. The number of carbonyl (C=O) groups excluding carboxylic acids is 2. The number of carbonyl (C=O) groups is 2. The van der Waals surface area contributed by atoms with Crippen molar-refractivity contribution in [2.75, 3.05) is 33.5 Å². The van der Waals surface area contributed by atoms with Crippen LogP contribution >= 0.6 is 0 Å². The van der Waals surface area contributed by atoms with Crippen molar-refractivity contribution in [3.63, 3.8) is 0 Å². The van der Waals surface area contributed by atoms with Gasteiger partial charge in [0.15, 0.2) is 23.9 Å². The van der Waals surface area contributed by atoms with Crippen molar-refractivity contribution in [1.82, 2.24) is 0 Å². The number of rotatable bonds is 15. The molecule has 9 nitrogen and oxygen atoms in total. The van der Waals surface area contributed by atoms with Gasteiger partial charge in [-0.1, -0.05) is 39.0 Å². The monoisotopic (exact) mass is 488 g/mol. The fraction of sp³-hybridized carbons (Fsp3) is 0.680. The summed E-state index contributed by atoms with van der Waals surface area (Å²) in [6, 6.07) is 4.41. The summed E-state index contributed by atoms with van der Waals surface area (Å²) in [5.41, 5.74) is 0.486. The fourth-order valence-electron chi connectivity index (χ4n) is 2.51. The molecular formula is C25H44O9. The highest BCUT2D eigenvalue weighted by molar-refractivity contribution is 5.76. The van der Waals surface area contributed by atoms with Crippen LogP contribution in [-0.2, 0) is 19.0 Å². The minimum Gasteiger partial charge on any atom is -0.504 e. The SMILES string of the molecule is CCCCCCCCOC(=O)C(O)CO.CCOC(C)OCC.COc1cc(C=O)ccc1O. The van der Waals surface area contributed by atoms with Crippen LogP contribution in [-0.4, -0.2) is 73.5 Å². The lowest BCUT2D eigenvalue weighted by Crippen LogP contribution is -2.26. The maximum atomic E-state index is 10.9. The number of esters is 1. The van der Waals surface area contributed by atoms with Crippen LogP contribution in [0.3, 0.4) is 0 Å². The number of methoxy groups -OCH3 is 1. The molecule has 0 aliphatic carbocycles. The summed E-state index contributed by atoms with van der Waals surface area (Å²) in [5, 5.41) is 26.4. The first kappa shape index (κ1) is 34.0. The minimum absolute atomic E-state index is 0.0370. The van der Waals surface area contributed by atoms with Gasteiger partial charge in [0.1, 0.15) is 6.29 Å². The molecule has 0 saturated carbocycles. The molecule has 1 aromatic carbocycles. The number of phenolic OH excluding ortho intramolecular Hbond substituents is 1. The van der Waals surface area contributed by atoms with E-state index in [9.17, 15) is 9.59 Å². The zero-order valence-corrected chi connectivity index (χ0v) is 21.3. The Morgan fingerprint density at radius 1 is 1.03 bits per heavy atom. The van der Waals surface area contributed by atoms with Crippen molar-refractivity contribution in [2.24, 2.45) is 0 Å². The van der Waals surface area contributed by atoms with E-state index in [1.807, 2.05) is 20.8 Å². The molecule has 1 unspecified atom stereocenters. The standard InChI is InChI=1S/C11H22O4.C8H8O3.C6H14O2/c1-2-3-4-5-6-7-8-15-11(14)10(13)9-12;1-11-8-4-6(5-9)2-3-7(8)10;1-4-7-6(3)8-5-2/h10,12-13H,2-9H2,1H3;2-5,10H,1H3;6H,4-5H2,1-3H3. The van der Waals surface area contributed by atoms with Crippen LogP contribution in [0.15, 0.2) is 18.2 Å². The van der Waals surface area contributed by atoms with E-state index >= 15 is 0 Å². The quantitative estimate of drug-likeness (QED) is 0.146. The lowest BCUT2D eigenvalue weighted by atomic mass is 10.1. The van der Waals surface area contributed by atoms with Crippen LogP contribution in [0.4, 0.5) is 0 Å². The van der Waals surface area contributed by atoms with Gasteiger partial charge in [-0.15, -0.1) is 0 Å². The van der Waals surface area contributed by atoms with Crippen LogP contribution in [0.2, 0.25) is 0 Å². The summed E-state index contributed by atoms with van der Waals surface area (Å²) >= 11 is 0. The van der Waals surface area contributed by atoms with Crippen molar-refractivity contribution in [3.05, 3.63) is 23.8 Å². The predicted octanol–water partition coefficient (Wildman–Crippen LogP) is 3.86. The van der Waals surface area contributed by atoms with E-state index in [4.69, 9.17) is 34.3 Å². The number of ether oxygens (including phenoxy) is 4. The highest BCUT2D eigenvalue weighted by Crippen LogP contribution is 2.25. The number of benzene rings is 1. The molecule has 0 aliphatic heterocycles. The fourth-order valence-corrected chi connectivity index (χ4v) is 2.51. The molecule has 0 bridgehead atoms. The molecule has 0 fully saturated rings. The van der Waals surface area contributed by atoms with Crippen LogP contribution in [0.5, 0.6) is 11.5 Å². The van der Waals surface area contributed by atoms with E-state index in [1.54, 1.807) is 0 Å². The second kappa shape index (κ2) is 23.9. The van der Waals surface area contributed by atoms with Crippen LogP contribution in [0.1, 0.15) is 76.6 Å². The van der Waals surface area contributed by atoms with E-state index in [0.717, 1.165) is 32.5 Å². The maximum Gasteiger partial charge on any atom is 0.337 e. The van der Waals surface area contributed by atoms with E-state index in [0.29, 0.717) is 24.2 Å². The van der Waals surface area contributed by atoms with E-state index in [-0.39, 0.29) is 12.0 Å². The lowest BCUT2D eigenvalue weighted by Gasteiger charge is -2.09. The first-order valence-electron chi connectivity index (χ1n) is 11.8. The third kappa shape index (κ3) is 19.3. The Labute approximate surface area is 204 Å². The normalized spacial score (nSPS) is 10.9. The molecule has 0 aromatic heterocycles. The molecule has 1 aromatic rings. The first-order valence-corrected chi connectivity index (χ1v) is 11.8. The zero-order valence-electron chi connectivity index (χ0n) is 21.3. The number of phenols is 1. The van der Waals surface area contributed by atoms with Crippen molar-refractivity contribution in [1.29, 1.82) is 0 Å². The molecule has 3 N–H and O–H groups in total. The molecule has 0 spiro atoms. The number of aliphatic hydroxyl groups excluding tert-OH is 2. The highest BCUT2D eigenvalue weighted by atomic mass is 16.7. The van der Waals surface area contributed by atoms with Crippen molar-refractivity contribution in [2.45, 2.75) is 78.6 Å². The zero-order chi connectivity index (χ0) is 26.2. The molecular weight excluding hydrogens is 444 g/mol. The number of aliphatic hydroxyl groups is 2. The van der Waals surface area contributed by atoms with Gasteiger partial charge in [0.05, 0.1) is 20.3 Å².